The van der Waals surface area contributed by atoms with Crippen LogP contribution in [0.25, 0.3) is 0 Å². The van der Waals surface area contributed by atoms with Gasteiger partial charge in [-0.15, -0.1) is 11.8 Å². The van der Waals surface area contributed by atoms with E-state index in [0.29, 0.717) is 5.76 Å². The summed E-state index contributed by atoms with van der Waals surface area (Å²) < 4.78 is 5.49. The van der Waals surface area contributed by atoms with Crippen molar-refractivity contribution in [1.29, 1.82) is 0 Å². The molecule has 24 heavy (non-hydrogen) atoms. The first-order valence-corrected chi connectivity index (χ1v) is 9.20. The molecular formula is C19H23NO3S. The van der Waals surface area contributed by atoms with E-state index in [1.165, 1.54) is 5.56 Å². The maximum absolute atomic E-state index is 12.7. The van der Waals surface area contributed by atoms with Gasteiger partial charge in [0, 0.05) is 5.56 Å². The van der Waals surface area contributed by atoms with Crippen molar-refractivity contribution in [3.8, 4) is 0 Å². The van der Waals surface area contributed by atoms with Gasteiger partial charge in [0.05, 0.1) is 6.54 Å². The van der Waals surface area contributed by atoms with Gasteiger partial charge in [0.25, 0.3) is 0 Å². The number of thioether (sulfide) groups is 1. The molecule has 0 saturated carbocycles. The lowest BCUT2D eigenvalue weighted by atomic mass is 9.96. The monoisotopic (exact) mass is 345 g/mol. The standard InChI is InChI=1S/C19H23NO3S/c1-12-10-16(13(2)23-12)19(3,22)11-20-18(21)17-15-7-5-4-6-14(15)8-9-24-17/h4-7,10,17,22H,8-9,11H2,1-3H3,(H,20,21). The van der Waals surface area contributed by atoms with E-state index < -0.39 is 5.60 Å². The Bertz CT molecular complexity index is 751. The first-order chi connectivity index (χ1) is 11.4. The topological polar surface area (TPSA) is 62.5 Å². The summed E-state index contributed by atoms with van der Waals surface area (Å²) in [6, 6.07) is 9.92. The molecule has 0 spiro atoms. The third kappa shape index (κ3) is 3.37. The zero-order chi connectivity index (χ0) is 17.3. The van der Waals surface area contributed by atoms with Crippen molar-refractivity contribution in [3.05, 3.63) is 58.5 Å². The SMILES string of the molecule is Cc1cc(C(C)(O)CNC(=O)C2SCCc3ccccc32)c(C)o1. The molecule has 1 amide bonds. The number of fused-ring (bicyclic) bond motifs is 1. The van der Waals surface area contributed by atoms with Crippen molar-refractivity contribution in [2.24, 2.45) is 0 Å². The van der Waals surface area contributed by atoms with Crippen LogP contribution in [-0.4, -0.2) is 23.3 Å². The summed E-state index contributed by atoms with van der Waals surface area (Å²) in [5.74, 6) is 2.33. The number of hydrogen-bond acceptors (Lipinski definition) is 4. The fraction of sp³-hybridized carbons (Fsp3) is 0.421. The summed E-state index contributed by atoms with van der Waals surface area (Å²) in [4.78, 5) is 12.7. The summed E-state index contributed by atoms with van der Waals surface area (Å²) in [5, 5.41) is 13.4. The van der Waals surface area contributed by atoms with Crippen molar-refractivity contribution < 1.29 is 14.3 Å². The van der Waals surface area contributed by atoms with E-state index in [-0.39, 0.29) is 17.7 Å². The van der Waals surface area contributed by atoms with Crippen molar-refractivity contribution >= 4 is 17.7 Å². The zero-order valence-electron chi connectivity index (χ0n) is 14.3. The largest absolute Gasteiger partial charge is 0.466 e. The van der Waals surface area contributed by atoms with Crippen LogP contribution in [0.3, 0.4) is 0 Å². The average molecular weight is 345 g/mol. The molecule has 2 aromatic rings. The van der Waals surface area contributed by atoms with E-state index >= 15 is 0 Å². The molecule has 2 N–H and O–H groups in total. The fourth-order valence-electron chi connectivity index (χ4n) is 3.22. The molecule has 128 valence electrons. The van der Waals surface area contributed by atoms with Gasteiger partial charge in [-0.05, 0) is 50.1 Å². The van der Waals surface area contributed by atoms with Gasteiger partial charge in [0.2, 0.25) is 5.91 Å². The normalized spacial score (nSPS) is 19.4. The molecule has 0 radical (unpaired) electrons. The number of carbonyl (C=O) groups is 1. The van der Waals surface area contributed by atoms with Crippen LogP contribution in [0.15, 0.2) is 34.7 Å². The predicted molar refractivity (Wildman–Crippen MR) is 96.1 cm³/mol. The van der Waals surface area contributed by atoms with Crippen LogP contribution >= 0.6 is 11.8 Å². The number of amides is 1. The Morgan fingerprint density at radius 2 is 2.17 bits per heavy atom. The molecule has 1 aliphatic heterocycles. The third-order valence-corrected chi connectivity index (χ3v) is 5.70. The van der Waals surface area contributed by atoms with Crippen LogP contribution in [0.4, 0.5) is 0 Å². The third-order valence-electron chi connectivity index (χ3n) is 4.46. The van der Waals surface area contributed by atoms with Crippen molar-refractivity contribution in [2.75, 3.05) is 12.3 Å². The number of carbonyl (C=O) groups excluding carboxylic acids is 1. The number of nitrogens with one attached hydrogen (secondary N) is 1. The number of furan rings is 1. The second-order valence-corrected chi connectivity index (χ2v) is 7.73. The van der Waals surface area contributed by atoms with Gasteiger partial charge in [0.1, 0.15) is 22.4 Å². The van der Waals surface area contributed by atoms with Gasteiger partial charge in [0.15, 0.2) is 0 Å². The molecule has 2 heterocycles. The van der Waals surface area contributed by atoms with E-state index in [4.69, 9.17) is 4.42 Å². The van der Waals surface area contributed by atoms with Gasteiger partial charge in [-0.3, -0.25) is 4.79 Å². The van der Waals surface area contributed by atoms with Crippen LogP contribution in [0.5, 0.6) is 0 Å². The number of rotatable bonds is 4. The molecule has 0 aliphatic carbocycles. The van der Waals surface area contributed by atoms with E-state index in [2.05, 4.69) is 11.4 Å². The first kappa shape index (κ1) is 17.1. The van der Waals surface area contributed by atoms with Crippen LogP contribution < -0.4 is 5.32 Å². The quantitative estimate of drug-likeness (QED) is 0.893. The minimum atomic E-state index is -1.16. The Balaban J connectivity index is 1.71. The molecule has 2 atom stereocenters. The van der Waals surface area contributed by atoms with Gasteiger partial charge in [-0.25, -0.2) is 0 Å². The summed E-state index contributed by atoms with van der Waals surface area (Å²) in [6.45, 7) is 5.53. The number of aryl methyl sites for hydroxylation is 3. The minimum Gasteiger partial charge on any atom is -0.466 e. The summed E-state index contributed by atoms with van der Waals surface area (Å²) >= 11 is 1.66. The van der Waals surface area contributed by atoms with Crippen LogP contribution in [0.2, 0.25) is 0 Å². The van der Waals surface area contributed by atoms with Crippen LogP contribution in [0.1, 0.15) is 40.4 Å². The molecule has 3 rings (SSSR count). The Labute approximate surface area is 146 Å². The van der Waals surface area contributed by atoms with E-state index in [0.717, 1.165) is 29.1 Å². The number of hydrogen-bond donors (Lipinski definition) is 2. The molecule has 0 saturated heterocycles. The molecule has 1 aliphatic rings. The highest BCUT2D eigenvalue weighted by molar-refractivity contribution is 8.00. The maximum Gasteiger partial charge on any atom is 0.237 e. The van der Waals surface area contributed by atoms with Crippen molar-refractivity contribution in [1.82, 2.24) is 5.32 Å². The molecule has 5 heteroatoms. The van der Waals surface area contributed by atoms with E-state index in [1.807, 2.05) is 38.1 Å². The van der Waals surface area contributed by atoms with E-state index in [9.17, 15) is 9.90 Å². The second-order valence-electron chi connectivity index (χ2n) is 6.52. The summed E-state index contributed by atoms with van der Waals surface area (Å²) in [5.41, 5.74) is 1.89. The Kier molecular flexibility index (Phi) is 4.74. The molecule has 0 fully saturated rings. The van der Waals surface area contributed by atoms with Gasteiger partial charge in [-0.2, -0.15) is 0 Å². The van der Waals surface area contributed by atoms with Crippen LogP contribution in [-0.2, 0) is 16.8 Å². The molecular weight excluding hydrogens is 322 g/mol. The van der Waals surface area contributed by atoms with Crippen molar-refractivity contribution in [3.63, 3.8) is 0 Å². The van der Waals surface area contributed by atoms with E-state index in [1.54, 1.807) is 18.7 Å². The zero-order valence-corrected chi connectivity index (χ0v) is 15.1. The highest BCUT2D eigenvalue weighted by Crippen LogP contribution is 2.37. The number of benzene rings is 1. The minimum absolute atomic E-state index is 0.0507. The highest BCUT2D eigenvalue weighted by atomic mass is 32.2. The molecule has 2 unspecified atom stereocenters. The highest BCUT2D eigenvalue weighted by Gasteiger charge is 2.31. The molecule has 4 nitrogen and oxygen atoms in total. The maximum atomic E-state index is 12.7. The lowest BCUT2D eigenvalue weighted by Crippen LogP contribution is -2.40. The Hall–Kier alpha value is -1.72. The van der Waals surface area contributed by atoms with Crippen LogP contribution in [0, 0.1) is 13.8 Å². The second kappa shape index (κ2) is 6.65. The van der Waals surface area contributed by atoms with Crippen molar-refractivity contribution in [2.45, 2.75) is 38.0 Å². The summed E-state index contributed by atoms with van der Waals surface area (Å²) in [7, 11) is 0. The molecule has 0 bridgehead atoms. The summed E-state index contributed by atoms with van der Waals surface area (Å²) in [6.07, 6.45) is 0.996. The van der Waals surface area contributed by atoms with Gasteiger partial charge < -0.3 is 14.8 Å². The molecule has 1 aromatic heterocycles. The lowest BCUT2D eigenvalue weighted by Gasteiger charge is -2.27. The predicted octanol–water partition coefficient (Wildman–Crippen LogP) is 3.25. The lowest BCUT2D eigenvalue weighted by molar-refractivity contribution is -0.121. The van der Waals surface area contributed by atoms with Gasteiger partial charge >= 0.3 is 0 Å². The number of aliphatic hydroxyl groups is 1. The van der Waals surface area contributed by atoms with Gasteiger partial charge in [-0.1, -0.05) is 24.3 Å². The average Bonchev–Trinajstić information content (AvgIpc) is 2.91. The Morgan fingerprint density at radius 3 is 2.88 bits per heavy atom. The fourth-order valence-corrected chi connectivity index (χ4v) is 4.44. The first-order valence-electron chi connectivity index (χ1n) is 8.15. The Morgan fingerprint density at radius 1 is 1.42 bits per heavy atom. The molecule has 1 aromatic carbocycles. The smallest absolute Gasteiger partial charge is 0.237 e.